The van der Waals surface area contributed by atoms with Crippen LogP contribution < -0.4 is 0 Å². The van der Waals surface area contributed by atoms with Gasteiger partial charge in [0.05, 0.1) is 0 Å². The Labute approximate surface area is 114 Å². The van der Waals surface area contributed by atoms with Gasteiger partial charge in [-0.25, -0.2) is 0 Å². The lowest BCUT2D eigenvalue weighted by Crippen LogP contribution is -1.85. The summed E-state index contributed by atoms with van der Waals surface area (Å²) in [5.74, 6) is 0. The van der Waals surface area contributed by atoms with Gasteiger partial charge in [0.2, 0.25) is 0 Å². The molecule has 2 rings (SSSR count). The summed E-state index contributed by atoms with van der Waals surface area (Å²) in [6, 6.07) is 16.7. The fourth-order valence-corrected chi connectivity index (χ4v) is 2.08. The second-order valence-corrected chi connectivity index (χ2v) is 4.82. The van der Waals surface area contributed by atoms with Crippen LogP contribution >= 0.6 is 11.6 Å². The van der Waals surface area contributed by atoms with Crippen LogP contribution in [0.3, 0.4) is 0 Å². The SMILES string of the molecule is C=CCCCc1ccc(-c2ccc(Cl)cc2)cc1. The molecule has 2 aromatic carbocycles. The van der Waals surface area contributed by atoms with Crippen LogP contribution in [0, 0.1) is 0 Å². The van der Waals surface area contributed by atoms with Gasteiger partial charge < -0.3 is 0 Å². The minimum Gasteiger partial charge on any atom is -0.103 e. The number of halogens is 1. The van der Waals surface area contributed by atoms with Crippen molar-refractivity contribution in [1.82, 2.24) is 0 Å². The standard InChI is InChI=1S/C17H17Cl/c1-2-3-4-5-14-6-8-15(9-7-14)16-10-12-17(18)13-11-16/h2,6-13H,1,3-5H2. The molecule has 0 unspecified atom stereocenters. The summed E-state index contributed by atoms with van der Waals surface area (Å²) in [6.45, 7) is 3.74. The van der Waals surface area contributed by atoms with E-state index in [1.165, 1.54) is 23.1 Å². The Kier molecular flexibility index (Phi) is 4.60. The molecule has 0 aliphatic rings. The summed E-state index contributed by atoms with van der Waals surface area (Å²) in [5.41, 5.74) is 3.82. The molecule has 0 amide bonds. The van der Waals surface area contributed by atoms with Crippen LogP contribution in [-0.2, 0) is 6.42 Å². The predicted octanol–water partition coefficient (Wildman–Crippen LogP) is 5.52. The highest BCUT2D eigenvalue weighted by molar-refractivity contribution is 6.30. The van der Waals surface area contributed by atoms with Crippen molar-refractivity contribution < 1.29 is 0 Å². The van der Waals surface area contributed by atoms with Gasteiger partial charge in [0.25, 0.3) is 0 Å². The van der Waals surface area contributed by atoms with Crippen molar-refractivity contribution >= 4 is 11.6 Å². The largest absolute Gasteiger partial charge is 0.103 e. The van der Waals surface area contributed by atoms with E-state index in [0.29, 0.717) is 0 Å². The molecule has 0 saturated carbocycles. The molecule has 18 heavy (non-hydrogen) atoms. The quantitative estimate of drug-likeness (QED) is 0.488. The smallest absolute Gasteiger partial charge is 0.0406 e. The second kappa shape index (κ2) is 6.42. The van der Waals surface area contributed by atoms with Crippen LogP contribution in [0.5, 0.6) is 0 Å². The number of unbranched alkanes of at least 4 members (excludes halogenated alkanes) is 1. The first-order chi connectivity index (χ1) is 8.79. The van der Waals surface area contributed by atoms with Crippen LogP contribution in [-0.4, -0.2) is 0 Å². The van der Waals surface area contributed by atoms with E-state index in [1.54, 1.807) is 0 Å². The van der Waals surface area contributed by atoms with Gasteiger partial charge in [-0.1, -0.05) is 54.1 Å². The molecule has 0 aromatic heterocycles. The first-order valence-electron chi connectivity index (χ1n) is 6.25. The Balaban J connectivity index is 2.07. The first-order valence-corrected chi connectivity index (χ1v) is 6.63. The van der Waals surface area contributed by atoms with Crippen LogP contribution in [0.2, 0.25) is 5.02 Å². The van der Waals surface area contributed by atoms with Gasteiger partial charge in [-0.15, -0.1) is 6.58 Å². The number of rotatable bonds is 5. The fourth-order valence-electron chi connectivity index (χ4n) is 1.96. The minimum absolute atomic E-state index is 0.778. The fraction of sp³-hybridized carbons (Fsp3) is 0.176. The number of hydrogen-bond acceptors (Lipinski definition) is 0. The Hall–Kier alpha value is -1.53. The van der Waals surface area contributed by atoms with Crippen LogP contribution in [0.1, 0.15) is 18.4 Å². The van der Waals surface area contributed by atoms with E-state index in [1.807, 2.05) is 18.2 Å². The normalized spacial score (nSPS) is 10.3. The third-order valence-corrected chi connectivity index (χ3v) is 3.26. The maximum absolute atomic E-state index is 5.89. The van der Waals surface area contributed by atoms with Crippen molar-refractivity contribution in [2.45, 2.75) is 19.3 Å². The highest BCUT2D eigenvalue weighted by Gasteiger charge is 1.98. The Bertz CT molecular complexity index is 494. The van der Waals surface area contributed by atoms with E-state index in [2.05, 4.69) is 43.0 Å². The van der Waals surface area contributed by atoms with Crippen molar-refractivity contribution in [2.75, 3.05) is 0 Å². The van der Waals surface area contributed by atoms with E-state index < -0.39 is 0 Å². The molecule has 0 N–H and O–H groups in total. The molecule has 92 valence electrons. The summed E-state index contributed by atoms with van der Waals surface area (Å²) in [5, 5.41) is 0.778. The van der Waals surface area contributed by atoms with Gasteiger partial charge >= 0.3 is 0 Å². The molecule has 0 radical (unpaired) electrons. The molecule has 1 heteroatoms. The zero-order valence-corrected chi connectivity index (χ0v) is 11.2. The molecule has 0 spiro atoms. The van der Waals surface area contributed by atoms with Gasteiger partial charge in [-0.2, -0.15) is 0 Å². The molecule has 0 atom stereocenters. The van der Waals surface area contributed by atoms with Crippen molar-refractivity contribution in [3.8, 4) is 11.1 Å². The zero-order chi connectivity index (χ0) is 12.8. The lowest BCUT2D eigenvalue weighted by molar-refractivity contribution is 0.844. The van der Waals surface area contributed by atoms with Crippen LogP contribution in [0.25, 0.3) is 11.1 Å². The molecular weight excluding hydrogens is 240 g/mol. The van der Waals surface area contributed by atoms with E-state index in [9.17, 15) is 0 Å². The molecule has 0 nitrogen and oxygen atoms in total. The number of aryl methyl sites for hydroxylation is 1. The summed E-state index contributed by atoms with van der Waals surface area (Å²) in [4.78, 5) is 0. The molecule has 0 aliphatic heterocycles. The predicted molar refractivity (Wildman–Crippen MR) is 80.0 cm³/mol. The summed E-state index contributed by atoms with van der Waals surface area (Å²) in [7, 11) is 0. The molecule has 0 heterocycles. The minimum atomic E-state index is 0.778. The van der Waals surface area contributed by atoms with Crippen molar-refractivity contribution in [3.63, 3.8) is 0 Å². The van der Waals surface area contributed by atoms with Crippen molar-refractivity contribution in [2.24, 2.45) is 0 Å². The number of hydrogen-bond donors (Lipinski definition) is 0. The Morgan fingerprint density at radius 3 is 2.00 bits per heavy atom. The topological polar surface area (TPSA) is 0 Å². The van der Waals surface area contributed by atoms with Gasteiger partial charge in [0, 0.05) is 5.02 Å². The van der Waals surface area contributed by atoms with Gasteiger partial charge in [0.15, 0.2) is 0 Å². The summed E-state index contributed by atoms with van der Waals surface area (Å²) < 4.78 is 0. The lowest BCUT2D eigenvalue weighted by atomic mass is 10.0. The van der Waals surface area contributed by atoms with Crippen LogP contribution in [0.4, 0.5) is 0 Å². The Morgan fingerprint density at radius 2 is 1.44 bits per heavy atom. The first kappa shape index (κ1) is 12.9. The molecule has 0 bridgehead atoms. The van der Waals surface area contributed by atoms with Crippen molar-refractivity contribution in [1.29, 1.82) is 0 Å². The second-order valence-electron chi connectivity index (χ2n) is 4.38. The average Bonchev–Trinajstić information content (AvgIpc) is 2.41. The number of allylic oxidation sites excluding steroid dienone is 1. The van der Waals surface area contributed by atoms with Gasteiger partial charge in [-0.05, 0) is 48.1 Å². The Morgan fingerprint density at radius 1 is 0.889 bits per heavy atom. The molecule has 0 fully saturated rings. The van der Waals surface area contributed by atoms with E-state index in [0.717, 1.165) is 17.9 Å². The van der Waals surface area contributed by atoms with Gasteiger partial charge in [-0.3, -0.25) is 0 Å². The molecule has 0 aliphatic carbocycles. The van der Waals surface area contributed by atoms with Gasteiger partial charge in [0.1, 0.15) is 0 Å². The number of benzene rings is 2. The maximum atomic E-state index is 5.89. The average molecular weight is 257 g/mol. The lowest BCUT2D eigenvalue weighted by Gasteiger charge is -2.04. The van der Waals surface area contributed by atoms with Crippen LogP contribution in [0.15, 0.2) is 61.2 Å². The third-order valence-electron chi connectivity index (χ3n) is 3.01. The zero-order valence-electron chi connectivity index (χ0n) is 10.4. The molecule has 0 saturated heterocycles. The highest BCUT2D eigenvalue weighted by atomic mass is 35.5. The molecular formula is C17H17Cl. The molecule has 2 aromatic rings. The van der Waals surface area contributed by atoms with E-state index in [4.69, 9.17) is 11.6 Å². The summed E-state index contributed by atoms with van der Waals surface area (Å²) in [6.07, 6.45) is 5.34. The maximum Gasteiger partial charge on any atom is 0.0406 e. The third kappa shape index (κ3) is 3.48. The van der Waals surface area contributed by atoms with E-state index in [-0.39, 0.29) is 0 Å². The summed E-state index contributed by atoms with van der Waals surface area (Å²) >= 11 is 5.89. The van der Waals surface area contributed by atoms with Crippen molar-refractivity contribution in [3.05, 3.63) is 71.8 Å². The monoisotopic (exact) mass is 256 g/mol. The van der Waals surface area contributed by atoms with E-state index >= 15 is 0 Å². The highest BCUT2D eigenvalue weighted by Crippen LogP contribution is 2.22.